The van der Waals surface area contributed by atoms with Crippen LogP contribution in [0.3, 0.4) is 0 Å². The van der Waals surface area contributed by atoms with Crippen LogP contribution in [0, 0.1) is 5.82 Å². The minimum Gasteiger partial charge on any atom is -0.486 e. The van der Waals surface area contributed by atoms with Crippen molar-refractivity contribution in [3.8, 4) is 22.8 Å². The van der Waals surface area contributed by atoms with Crippen molar-refractivity contribution < 1.29 is 18.7 Å². The summed E-state index contributed by atoms with van der Waals surface area (Å²) >= 11 is 1.33. The van der Waals surface area contributed by atoms with Gasteiger partial charge in [0.2, 0.25) is 5.91 Å². The van der Waals surface area contributed by atoms with Crippen LogP contribution in [-0.2, 0) is 4.79 Å². The third-order valence-electron chi connectivity index (χ3n) is 5.55. The third-order valence-corrected chi connectivity index (χ3v) is 6.54. The van der Waals surface area contributed by atoms with Gasteiger partial charge in [-0.2, -0.15) is 0 Å². The van der Waals surface area contributed by atoms with Crippen LogP contribution < -0.4 is 14.8 Å². The highest BCUT2D eigenvalue weighted by atomic mass is 32.2. The average Bonchev–Trinajstić information content (AvgIpc) is 2.87. The van der Waals surface area contributed by atoms with E-state index in [1.54, 1.807) is 12.1 Å². The standard InChI is InChI=1S/C26H22FN3O3S/c1-16(18-8-11-22-23(14-18)33-13-12-32-22)28-24(31)15-34-26-21-5-3-2-4-20(21)25(29-30-26)17-6-9-19(27)10-7-17/h2-11,14,16H,12-13,15H2,1H3,(H,28,31). The Bertz CT molecular complexity index is 1350. The first-order valence-electron chi connectivity index (χ1n) is 10.9. The first-order valence-corrected chi connectivity index (χ1v) is 11.9. The van der Waals surface area contributed by atoms with Crippen molar-refractivity contribution in [2.75, 3.05) is 19.0 Å². The number of benzene rings is 3. The van der Waals surface area contributed by atoms with E-state index in [-0.39, 0.29) is 23.5 Å². The van der Waals surface area contributed by atoms with Crippen molar-refractivity contribution in [1.82, 2.24) is 15.5 Å². The Hall–Kier alpha value is -3.65. The Balaban J connectivity index is 1.29. The van der Waals surface area contributed by atoms with Crippen LogP contribution in [0.25, 0.3) is 22.0 Å². The SMILES string of the molecule is CC(NC(=O)CSc1nnc(-c2ccc(F)cc2)c2ccccc12)c1ccc2c(c1)OCCO2. The van der Waals surface area contributed by atoms with Crippen LogP contribution in [0.4, 0.5) is 4.39 Å². The molecule has 0 saturated heterocycles. The molecule has 0 saturated carbocycles. The summed E-state index contributed by atoms with van der Waals surface area (Å²) < 4.78 is 24.5. The predicted molar refractivity (Wildman–Crippen MR) is 130 cm³/mol. The van der Waals surface area contributed by atoms with E-state index in [0.717, 1.165) is 27.6 Å². The second-order valence-electron chi connectivity index (χ2n) is 7.89. The zero-order valence-corrected chi connectivity index (χ0v) is 19.3. The van der Waals surface area contributed by atoms with E-state index in [4.69, 9.17) is 9.47 Å². The molecule has 8 heteroatoms. The number of hydrogen-bond donors (Lipinski definition) is 1. The summed E-state index contributed by atoms with van der Waals surface area (Å²) in [7, 11) is 0. The second-order valence-corrected chi connectivity index (χ2v) is 8.85. The predicted octanol–water partition coefficient (Wildman–Crippen LogP) is 5.18. The van der Waals surface area contributed by atoms with Crippen LogP contribution in [-0.4, -0.2) is 35.1 Å². The van der Waals surface area contributed by atoms with Gasteiger partial charge in [-0.3, -0.25) is 4.79 Å². The maximum atomic E-state index is 13.3. The molecule has 5 rings (SSSR count). The number of amides is 1. The van der Waals surface area contributed by atoms with Gasteiger partial charge < -0.3 is 14.8 Å². The molecule has 0 radical (unpaired) electrons. The normalized spacial score (nSPS) is 13.5. The molecule has 6 nitrogen and oxygen atoms in total. The number of nitrogens with one attached hydrogen (secondary N) is 1. The molecule has 1 unspecified atom stereocenters. The fourth-order valence-electron chi connectivity index (χ4n) is 3.84. The number of ether oxygens (including phenoxy) is 2. The summed E-state index contributed by atoms with van der Waals surface area (Å²) in [5.74, 6) is 1.20. The molecule has 1 atom stereocenters. The minimum absolute atomic E-state index is 0.110. The molecule has 4 aromatic rings. The molecule has 3 aromatic carbocycles. The lowest BCUT2D eigenvalue weighted by molar-refractivity contribution is -0.119. The van der Waals surface area contributed by atoms with Crippen LogP contribution in [0.2, 0.25) is 0 Å². The maximum Gasteiger partial charge on any atom is 0.230 e. The fourth-order valence-corrected chi connectivity index (χ4v) is 4.62. The largest absolute Gasteiger partial charge is 0.486 e. The Morgan fingerprint density at radius 3 is 2.53 bits per heavy atom. The molecule has 0 aliphatic carbocycles. The summed E-state index contributed by atoms with van der Waals surface area (Å²) in [6.07, 6.45) is 0. The molecule has 1 aliphatic heterocycles. The smallest absolute Gasteiger partial charge is 0.230 e. The summed E-state index contributed by atoms with van der Waals surface area (Å²) in [5, 5.41) is 14.2. The Morgan fingerprint density at radius 1 is 1.00 bits per heavy atom. The summed E-state index contributed by atoms with van der Waals surface area (Å²) in [4.78, 5) is 12.7. The van der Waals surface area contributed by atoms with Gasteiger partial charge >= 0.3 is 0 Å². The van der Waals surface area contributed by atoms with Crippen molar-refractivity contribution in [3.05, 3.63) is 78.1 Å². The summed E-state index contributed by atoms with van der Waals surface area (Å²) in [6, 6.07) is 19.4. The monoisotopic (exact) mass is 475 g/mol. The van der Waals surface area contributed by atoms with Gasteiger partial charge in [-0.05, 0) is 48.9 Å². The van der Waals surface area contributed by atoms with E-state index in [0.29, 0.717) is 29.7 Å². The molecule has 34 heavy (non-hydrogen) atoms. The van der Waals surface area contributed by atoms with E-state index in [2.05, 4.69) is 15.5 Å². The molecule has 0 bridgehead atoms. The summed E-state index contributed by atoms with van der Waals surface area (Å²) in [6.45, 7) is 2.99. The maximum absolute atomic E-state index is 13.3. The van der Waals surface area contributed by atoms with Gasteiger partial charge in [0.15, 0.2) is 11.5 Å². The number of rotatable bonds is 6. The minimum atomic E-state index is -0.301. The van der Waals surface area contributed by atoms with Crippen molar-refractivity contribution in [2.45, 2.75) is 18.0 Å². The zero-order chi connectivity index (χ0) is 23.5. The molecule has 1 aliphatic rings. The van der Waals surface area contributed by atoms with Gasteiger partial charge in [0.05, 0.1) is 11.8 Å². The van der Waals surface area contributed by atoms with Gasteiger partial charge in [-0.25, -0.2) is 4.39 Å². The van der Waals surface area contributed by atoms with E-state index >= 15 is 0 Å². The average molecular weight is 476 g/mol. The van der Waals surface area contributed by atoms with Crippen molar-refractivity contribution in [3.63, 3.8) is 0 Å². The molecule has 1 N–H and O–H groups in total. The van der Waals surface area contributed by atoms with Gasteiger partial charge in [0.25, 0.3) is 0 Å². The Kier molecular flexibility index (Phi) is 6.31. The molecule has 1 amide bonds. The second kappa shape index (κ2) is 9.69. The first-order chi connectivity index (χ1) is 16.6. The van der Waals surface area contributed by atoms with Crippen molar-refractivity contribution in [1.29, 1.82) is 0 Å². The molecule has 0 fully saturated rings. The van der Waals surface area contributed by atoms with Gasteiger partial charge in [0.1, 0.15) is 29.8 Å². The molecule has 1 aromatic heterocycles. The quantitative estimate of drug-likeness (QED) is 0.388. The lowest BCUT2D eigenvalue weighted by Gasteiger charge is -2.21. The van der Waals surface area contributed by atoms with Crippen molar-refractivity contribution >= 4 is 28.4 Å². The molecular formula is C26H22FN3O3S. The topological polar surface area (TPSA) is 73.3 Å². The summed E-state index contributed by atoms with van der Waals surface area (Å²) in [5.41, 5.74) is 2.40. The van der Waals surface area contributed by atoms with E-state index in [1.807, 2.05) is 49.4 Å². The van der Waals surface area contributed by atoms with Crippen molar-refractivity contribution in [2.24, 2.45) is 0 Å². The lowest BCUT2D eigenvalue weighted by atomic mass is 10.1. The number of carbonyl (C=O) groups is 1. The van der Waals surface area contributed by atoms with Crippen LogP contribution in [0.1, 0.15) is 18.5 Å². The zero-order valence-electron chi connectivity index (χ0n) is 18.5. The number of thioether (sulfide) groups is 1. The van der Waals surface area contributed by atoms with Gasteiger partial charge in [0, 0.05) is 16.3 Å². The van der Waals surface area contributed by atoms with E-state index in [1.165, 1.54) is 23.9 Å². The van der Waals surface area contributed by atoms with Gasteiger partial charge in [-0.1, -0.05) is 42.1 Å². The number of carbonyl (C=O) groups excluding carboxylic acids is 1. The number of nitrogens with zero attached hydrogens (tertiary/aromatic N) is 2. The lowest BCUT2D eigenvalue weighted by Crippen LogP contribution is -2.28. The van der Waals surface area contributed by atoms with Crippen LogP contribution >= 0.6 is 11.8 Å². The van der Waals surface area contributed by atoms with Gasteiger partial charge in [-0.15, -0.1) is 10.2 Å². The molecule has 0 spiro atoms. The molecule has 172 valence electrons. The van der Waals surface area contributed by atoms with E-state index < -0.39 is 0 Å². The molecule has 2 heterocycles. The van der Waals surface area contributed by atoms with E-state index in [9.17, 15) is 9.18 Å². The first kappa shape index (κ1) is 22.2. The number of fused-ring (bicyclic) bond motifs is 2. The number of hydrogen-bond acceptors (Lipinski definition) is 6. The number of halogens is 1. The highest BCUT2D eigenvalue weighted by molar-refractivity contribution is 8.00. The third kappa shape index (κ3) is 4.68. The highest BCUT2D eigenvalue weighted by Crippen LogP contribution is 2.33. The molecular weight excluding hydrogens is 453 g/mol. The Morgan fingerprint density at radius 2 is 1.74 bits per heavy atom. The number of aromatic nitrogens is 2. The van der Waals surface area contributed by atoms with Crippen LogP contribution in [0.5, 0.6) is 11.5 Å². The highest BCUT2D eigenvalue weighted by Gasteiger charge is 2.17. The van der Waals surface area contributed by atoms with Crippen LogP contribution in [0.15, 0.2) is 71.8 Å². The fraction of sp³-hybridized carbons (Fsp3) is 0.192. The Labute approximate surface area is 200 Å².